The van der Waals surface area contributed by atoms with Gasteiger partial charge in [0.15, 0.2) is 0 Å². The standard InChI is InChI=1S/C9H19NO2/c1-8(2)7-10-9(12)5-3-4-6-11/h8,11H,3-7H2,1-2H3,(H,10,12). The van der Waals surface area contributed by atoms with E-state index in [4.69, 9.17) is 5.11 Å². The summed E-state index contributed by atoms with van der Waals surface area (Å²) in [5.41, 5.74) is 0. The molecule has 0 saturated carbocycles. The van der Waals surface area contributed by atoms with Gasteiger partial charge in [0.1, 0.15) is 0 Å². The van der Waals surface area contributed by atoms with Gasteiger partial charge in [-0.15, -0.1) is 0 Å². The normalized spacial score (nSPS) is 10.3. The van der Waals surface area contributed by atoms with Gasteiger partial charge in [-0.3, -0.25) is 4.79 Å². The maximum atomic E-state index is 11.0. The van der Waals surface area contributed by atoms with E-state index < -0.39 is 0 Å². The molecule has 0 aromatic heterocycles. The Hall–Kier alpha value is -0.570. The number of unbranched alkanes of at least 4 members (excludes halogenated alkanes) is 1. The van der Waals surface area contributed by atoms with Gasteiger partial charge < -0.3 is 10.4 Å². The highest BCUT2D eigenvalue weighted by Gasteiger charge is 2.00. The Morgan fingerprint density at radius 3 is 2.58 bits per heavy atom. The van der Waals surface area contributed by atoms with E-state index in [1.54, 1.807) is 0 Å². The van der Waals surface area contributed by atoms with Crippen LogP contribution in [0, 0.1) is 5.92 Å². The second-order valence-corrected chi connectivity index (χ2v) is 3.38. The monoisotopic (exact) mass is 173 g/mol. The highest BCUT2D eigenvalue weighted by atomic mass is 16.2. The van der Waals surface area contributed by atoms with Crippen LogP contribution in [0.15, 0.2) is 0 Å². The summed E-state index contributed by atoms with van der Waals surface area (Å²) in [6.45, 7) is 5.05. The van der Waals surface area contributed by atoms with Crippen molar-refractivity contribution >= 4 is 5.91 Å². The summed E-state index contributed by atoms with van der Waals surface area (Å²) >= 11 is 0. The highest BCUT2D eigenvalue weighted by Crippen LogP contribution is 1.94. The Morgan fingerprint density at radius 1 is 1.42 bits per heavy atom. The van der Waals surface area contributed by atoms with Crippen LogP contribution in [0.3, 0.4) is 0 Å². The lowest BCUT2D eigenvalue weighted by molar-refractivity contribution is -0.121. The van der Waals surface area contributed by atoms with Gasteiger partial charge in [0.2, 0.25) is 5.91 Å². The maximum Gasteiger partial charge on any atom is 0.220 e. The number of carbonyl (C=O) groups is 1. The van der Waals surface area contributed by atoms with E-state index in [2.05, 4.69) is 19.2 Å². The summed E-state index contributed by atoms with van der Waals surface area (Å²) in [4.78, 5) is 11.0. The zero-order valence-corrected chi connectivity index (χ0v) is 7.97. The molecule has 0 aliphatic carbocycles. The van der Waals surface area contributed by atoms with Crippen molar-refractivity contribution in [2.75, 3.05) is 13.2 Å². The number of aliphatic hydroxyl groups excluding tert-OH is 1. The van der Waals surface area contributed by atoms with E-state index in [1.807, 2.05) is 0 Å². The van der Waals surface area contributed by atoms with Crippen LogP contribution in [0.1, 0.15) is 33.1 Å². The van der Waals surface area contributed by atoms with Gasteiger partial charge in [0, 0.05) is 19.6 Å². The number of hydrogen-bond acceptors (Lipinski definition) is 2. The van der Waals surface area contributed by atoms with Gasteiger partial charge in [0.25, 0.3) is 0 Å². The summed E-state index contributed by atoms with van der Waals surface area (Å²) in [6, 6.07) is 0. The van der Waals surface area contributed by atoms with Crippen molar-refractivity contribution in [1.29, 1.82) is 0 Å². The second-order valence-electron chi connectivity index (χ2n) is 3.38. The van der Waals surface area contributed by atoms with Crippen molar-refractivity contribution in [2.24, 2.45) is 5.92 Å². The van der Waals surface area contributed by atoms with E-state index in [9.17, 15) is 4.79 Å². The van der Waals surface area contributed by atoms with Crippen LogP contribution in [0.4, 0.5) is 0 Å². The first-order valence-electron chi connectivity index (χ1n) is 4.54. The smallest absolute Gasteiger partial charge is 0.220 e. The molecule has 0 saturated heterocycles. The Morgan fingerprint density at radius 2 is 2.08 bits per heavy atom. The first kappa shape index (κ1) is 11.4. The zero-order chi connectivity index (χ0) is 9.40. The average Bonchev–Trinajstić information content (AvgIpc) is 2.01. The molecule has 3 heteroatoms. The fourth-order valence-corrected chi connectivity index (χ4v) is 0.804. The number of nitrogens with one attached hydrogen (secondary N) is 1. The fourth-order valence-electron chi connectivity index (χ4n) is 0.804. The number of carbonyl (C=O) groups excluding carboxylic acids is 1. The third-order valence-electron chi connectivity index (χ3n) is 1.52. The number of aliphatic hydroxyl groups is 1. The first-order chi connectivity index (χ1) is 5.66. The predicted molar refractivity (Wildman–Crippen MR) is 48.8 cm³/mol. The summed E-state index contributed by atoms with van der Waals surface area (Å²) in [5.74, 6) is 0.601. The van der Waals surface area contributed by atoms with Crippen LogP contribution >= 0.6 is 0 Å². The van der Waals surface area contributed by atoms with E-state index in [0.29, 0.717) is 12.3 Å². The van der Waals surface area contributed by atoms with Gasteiger partial charge in [0.05, 0.1) is 0 Å². The molecular weight excluding hydrogens is 154 g/mol. The van der Waals surface area contributed by atoms with Crippen molar-refractivity contribution in [3.63, 3.8) is 0 Å². The summed E-state index contributed by atoms with van der Waals surface area (Å²) < 4.78 is 0. The van der Waals surface area contributed by atoms with Crippen LogP contribution in [0.5, 0.6) is 0 Å². The van der Waals surface area contributed by atoms with Crippen LogP contribution in [0.25, 0.3) is 0 Å². The fraction of sp³-hybridized carbons (Fsp3) is 0.889. The van der Waals surface area contributed by atoms with Gasteiger partial charge in [-0.2, -0.15) is 0 Å². The molecule has 1 amide bonds. The topological polar surface area (TPSA) is 49.3 Å². The number of rotatable bonds is 6. The molecule has 0 spiro atoms. The Labute approximate surface area is 74.2 Å². The second kappa shape index (κ2) is 7.10. The molecule has 0 aliphatic rings. The zero-order valence-electron chi connectivity index (χ0n) is 7.97. The average molecular weight is 173 g/mol. The molecule has 72 valence electrons. The van der Waals surface area contributed by atoms with Crippen molar-refractivity contribution in [1.82, 2.24) is 5.32 Å². The van der Waals surface area contributed by atoms with Crippen LogP contribution in [-0.4, -0.2) is 24.2 Å². The largest absolute Gasteiger partial charge is 0.396 e. The minimum Gasteiger partial charge on any atom is -0.396 e. The Bertz CT molecular complexity index is 124. The molecule has 0 bridgehead atoms. The van der Waals surface area contributed by atoms with Gasteiger partial charge in [-0.25, -0.2) is 0 Å². The summed E-state index contributed by atoms with van der Waals surface area (Å²) in [5, 5.41) is 11.3. The number of hydrogen-bond donors (Lipinski definition) is 2. The Balaban J connectivity index is 3.22. The predicted octanol–water partition coefficient (Wildman–Crippen LogP) is 0.921. The van der Waals surface area contributed by atoms with Crippen molar-refractivity contribution in [2.45, 2.75) is 33.1 Å². The summed E-state index contributed by atoms with van der Waals surface area (Å²) in [7, 11) is 0. The molecule has 0 radical (unpaired) electrons. The van der Waals surface area contributed by atoms with Gasteiger partial charge in [-0.05, 0) is 18.8 Å². The molecule has 2 N–H and O–H groups in total. The third-order valence-corrected chi connectivity index (χ3v) is 1.52. The lowest BCUT2D eigenvalue weighted by atomic mass is 10.2. The minimum absolute atomic E-state index is 0.0946. The van der Waals surface area contributed by atoms with Crippen LogP contribution in [-0.2, 0) is 4.79 Å². The molecule has 0 aliphatic heterocycles. The lowest BCUT2D eigenvalue weighted by Gasteiger charge is -2.06. The van der Waals surface area contributed by atoms with Crippen LogP contribution in [0.2, 0.25) is 0 Å². The van der Waals surface area contributed by atoms with E-state index in [1.165, 1.54) is 0 Å². The first-order valence-corrected chi connectivity index (χ1v) is 4.54. The molecule has 0 atom stereocenters. The Kier molecular flexibility index (Phi) is 6.76. The van der Waals surface area contributed by atoms with E-state index in [-0.39, 0.29) is 12.5 Å². The minimum atomic E-state index is 0.0946. The molecule has 0 fully saturated rings. The number of amides is 1. The molecule has 0 aromatic carbocycles. The third kappa shape index (κ3) is 7.54. The molecule has 0 aromatic rings. The SMILES string of the molecule is CC(C)CNC(=O)CCCCO. The molecule has 0 rings (SSSR count). The van der Waals surface area contributed by atoms with Crippen molar-refractivity contribution < 1.29 is 9.90 Å². The molecule has 3 nitrogen and oxygen atoms in total. The quantitative estimate of drug-likeness (QED) is 0.587. The van der Waals surface area contributed by atoms with E-state index >= 15 is 0 Å². The van der Waals surface area contributed by atoms with Gasteiger partial charge >= 0.3 is 0 Å². The van der Waals surface area contributed by atoms with Crippen LogP contribution < -0.4 is 5.32 Å². The summed E-state index contributed by atoms with van der Waals surface area (Å²) in [6.07, 6.45) is 2.03. The highest BCUT2D eigenvalue weighted by molar-refractivity contribution is 5.75. The van der Waals surface area contributed by atoms with Gasteiger partial charge in [-0.1, -0.05) is 13.8 Å². The maximum absolute atomic E-state index is 11.0. The van der Waals surface area contributed by atoms with E-state index in [0.717, 1.165) is 19.4 Å². The molecular formula is C9H19NO2. The molecule has 12 heavy (non-hydrogen) atoms. The molecule has 0 heterocycles. The lowest BCUT2D eigenvalue weighted by Crippen LogP contribution is -2.26. The van der Waals surface area contributed by atoms with Crippen molar-refractivity contribution in [3.05, 3.63) is 0 Å². The molecule has 0 unspecified atom stereocenters. The van der Waals surface area contributed by atoms with Crippen molar-refractivity contribution in [3.8, 4) is 0 Å².